The number of rotatable bonds is 15. The van der Waals surface area contributed by atoms with Crippen LogP contribution in [-0.2, 0) is 19.2 Å². The maximum atomic E-state index is 12.7. The third kappa shape index (κ3) is 12.3. The lowest BCUT2D eigenvalue weighted by Crippen LogP contribution is -2.56. The number of carbonyl (C=O) groups excluding carboxylic acids is 3. The summed E-state index contributed by atoms with van der Waals surface area (Å²) in [4.78, 5) is 48.9. The lowest BCUT2D eigenvalue weighted by molar-refractivity contribution is -0.142. The van der Waals surface area contributed by atoms with E-state index in [4.69, 9.17) is 11.5 Å². The molecule has 0 radical (unpaired) electrons. The third-order valence-corrected chi connectivity index (χ3v) is 4.72. The van der Waals surface area contributed by atoms with Gasteiger partial charge in [0.2, 0.25) is 17.7 Å². The van der Waals surface area contributed by atoms with E-state index in [1.165, 1.54) is 6.92 Å². The number of carbonyl (C=O) groups is 4. The van der Waals surface area contributed by atoms with Crippen molar-refractivity contribution < 1.29 is 24.3 Å². The Balaban J connectivity index is 5.10. The summed E-state index contributed by atoms with van der Waals surface area (Å²) in [6.07, 6.45) is 2.29. The molecule has 0 aromatic heterocycles. The van der Waals surface area contributed by atoms with Crippen molar-refractivity contribution in [2.75, 3.05) is 6.54 Å². The van der Waals surface area contributed by atoms with Crippen LogP contribution in [0, 0.1) is 11.8 Å². The van der Waals surface area contributed by atoms with Crippen molar-refractivity contribution in [3.05, 3.63) is 0 Å². The van der Waals surface area contributed by atoms with E-state index in [9.17, 15) is 24.3 Å². The number of aliphatic carboxylic acids is 1. The van der Waals surface area contributed by atoms with Gasteiger partial charge < -0.3 is 32.5 Å². The Labute approximate surface area is 185 Å². The molecule has 0 aliphatic rings. The fraction of sp³-hybridized carbons (Fsp3) is 0.810. The van der Waals surface area contributed by atoms with Crippen molar-refractivity contribution >= 4 is 23.7 Å². The predicted octanol–water partition coefficient (Wildman–Crippen LogP) is 0.0938. The SMILES string of the molecule is CC(C)CC(N)C(=O)NC(C)C(=O)NC(CCCCN)C(=O)NC(CC(C)C)C(=O)O. The van der Waals surface area contributed by atoms with Crippen molar-refractivity contribution in [3.8, 4) is 0 Å². The van der Waals surface area contributed by atoms with Gasteiger partial charge in [-0.05, 0) is 57.4 Å². The monoisotopic (exact) mass is 443 g/mol. The van der Waals surface area contributed by atoms with Crippen molar-refractivity contribution in [1.82, 2.24) is 16.0 Å². The molecule has 31 heavy (non-hydrogen) atoms. The molecule has 0 saturated heterocycles. The van der Waals surface area contributed by atoms with E-state index in [2.05, 4.69) is 16.0 Å². The van der Waals surface area contributed by atoms with Crippen molar-refractivity contribution in [2.24, 2.45) is 23.3 Å². The number of hydrogen-bond donors (Lipinski definition) is 6. The summed E-state index contributed by atoms with van der Waals surface area (Å²) in [7, 11) is 0. The average molecular weight is 444 g/mol. The van der Waals surface area contributed by atoms with Crippen LogP contribution in [0.25, 0.3) is 0 Å². The minimum atomic E-state index is -1.13. The first-order valence-corrected chi connectivity index (χ1v) is 11.0. The molecule has 0 bridgehead atoms. The van der Waals surface area contributed by atoms with Gasteiger partial charge in [0.15, 0.2) is 0 Å². The fourth-order valence-corrected chi connectivity index (χ4v) is 3.02. The summed E-state index contributed by atoms with van der Waals surface area (Å²) in [5.41, 5.74) is 11.4. The van der Waals surface area contributed by atoms with Gasteiger partial charge >= 0.3 is 5.97 Å². The van der Waals surface area contributed by atoms with Gasteiger partial charge in [0.05, 0.1) is 6.04 Å². The number of unbranched alkanes of at least 4 members (excludes halogenated alkanes) is 1. The van der Waals surface area contributed by atoms with E-state index < -0.39 is 47.9 Å². The van der Waals surface area contributed by atoms with Gasteiger partial charge in [0.1, 0.15) is 18.1 Å². The standard InChI is InChI=1S/C21H41N5O5/c1-12(2)10-15(23)19(28)24-14(5)18(27)25-16(8-6-7-9-22)20(29)26-17(21(30)31)11-13(3)4/h12-17H,6-11,22-23H2,1-5H3,(H,24,28)(H,25,27)(H,26,29)(H,30,31). The number of hydrogen-bond acceptors (Lipinski definition) is 6. The van der Waals surface area contributed by atoms with Gasteiger partial charge in [-0.15, -0.1) is 0 Å². The van der Waals surface area contributed by atoms with Crippen LogP contribution < -0.4 is 27.4 Å². The maximum absolute atomic E-state index is 12.7. The van der Waals surface area contributed by atoms with Crippen LogP contribution in [0.1, 0.15) is 66.7 Å². The smallest absolute Gasteiger partial charge is 0.326 e. The van der Waals surface area contributed by atoms with E-state index in [1.54, 1.807) is 0 Å². The van der Waals surface area contributed by atoms with Gasteiger partial charge in [-0.1, -0.05) is 27.7 Å². The van der Waals surface area contributed by atoms with E-state index in [0.29, 0.717) is 32.2 Å². The lowest BCUT2D eigenvalue weighted by Gasteiger charge is -2.24. The maximum Gasteiger partial charge on any atom is 0.326 e. The fourth-order valence-electron chi connectivity index (χ4n) is 3.02. The number of carboxylic acids is 1. The summed E-state index contributed by atoms with van der Waals surface area (Å²) in [6, 6.07) is -3.61. The number of amides is 3. The molecule has 4 atom stereocenters. The van der Waals surface area contributed by atoms with Crippen LogP contribution in [0.2, 0.25) is 0 Å². The first-order valence-electron chi connectivity index (χ1n) is 11.0. The topological polar surface area (TPSA) is 177 Å². The van der Waals surface area contributed by atoms with Crippen molar-refractivity contribution in [2.45, 2.75) is 90.9 Å². The third-order valence-electron chi connectivity index (χ3n) is 4.72. The van der Waals surface area contributed by atoms with E-state index >= 15 is 0 Å². The molecule has 0 aromatic carbocycles. The number of nitrogens with two attached hydrogens (primary N) is 2. The van der Waals surface area contributed by atoms with Crippen LogP contribution >= 0.6 is 0 Å². The molecule has 0 heterocycles. The largest absolute Gasteiger partial charge is 0.480 e. The van der Waals surface area contributed by atoms with Gasteiger partial charge in [-0.2, -0.15) is 0 Å². The molecule has 0 aromatic rings. The number of carboxylic acid groups (broad SMARTS) is 1. The molecule has 0 rings (SSSR count). The highest BCUT2D eigenvalue weighted by molar-refractivity contribution is 5.93. The zero-order chi connectivity index (χ0) is 24.1. The second kappa shape index (κ2) is 14.7. The lowest BCUT2D eigenvalue weighted by atomic mass is 10.0. The molecule has 8 N–H and O–H groups in total. The second-order valence-corrected chi connectivity index (χ2v) is 8.84. The highest BCUT2D eigenvalue weighted by atomic mass is 16.4. The molecule has 0 fully saturated rings. The molecule has 0 spiro atoms. The molecule has 180 valence electrons. The first-order chi connectivity index (χ1) is 14.4. The zero-order valence-corrected chi connectivity index (χ0v) is 19.4. The molecule has 0 saturated carbocycles. The minimum Gasteiger partial charge on any atom is -0.480 e. The molecule has 0 aliphatic carbocycles. The Morgan fingerprint density at radius 2 is 1.32 bits per heavy atom. The Hall–Kier alpha value is -2.20. The number of nitrogens with one attached hydrogen (secondary N) is 3. The van der Waals surface area contributed by atoms with E-state index in [0.717, 1.165) is 0 Å². The molecular weight excluding hydrogens is 402 g/mol. The van der Waals surface area contributed by atoms with E-state index in [1.807, 2.05) is 27.7 Å². The Kier molecular flexibility index (Phi) is 13.7. The molecule has 10 heteroatoms. The molecule has 0 aliphatic heterocycles. The van der Waals surface area contributed by atoms with Gasteiger partial charge in [0, 0.05) is 0 Å². The van der Waals surface area contributed by atoms with Gasteiger partial charge in [0.25, 0.3) is 0 Å². The average Bonchev–Trinajstić information content (AvgIpc) is 2.65. The summed E-state index contributed by atoms with van der Waals surface area (Å²) in [5, 5.41) is 17.1. The van der Waals surface area contributed by atoms with Crippen molar-refractivity contribution in [1.29, 1.82) is 0 Å². The van der Waals surface area contributed by atoms with Crippen LogP contribution in [0.4, 0.5) is 0 Å². The molecule has 3 amide bonds. The summed E-state index contributed by atoms with van der Waals surface area (Å²) >= 11 is 0. The highest BCUT2D eigenvalue weighted by Gasteiger charge is 2.29. The first kappa shape index (κ1) is 28.8. The highest BCUT2D eigenvalue weighted by Crippen LogP contribution is 2.08. The second-order valence-electron chi connectivity index (χ2n) is 8.84. The van der Waals surface area contributed by atoms with Crippen LogP contribution in [0.5, 0.6) is 0 Å². The quantitative estimate of drug-likeness (QED) is 0.194. The van der Waals surface area contributed by atoms with Gasteiger partial charge in [-0.25, -0.2) is 4.79 Å². The predicted molar refractivity (Wildman–Crippen MR) is 119 cm³/mol. The Bertz CT molecular complexity index is 597. The van der Waals surface area contributed by atoms with Crippen LogP contribution in [0.15, 0.2) is 0 Å². The van der Waals surface area contributed by atoms with E-state index in [-0.39, 0.29) is 18.3 Å². The van der Waals surface area contributed by atoms with Gasteiger partial charge in [-0.3, -0.25) is 14.4 Å². The summed E-state index contributed by atoms with van der Waals surface area (Å²) in [5.74, 6) is -2.40. The van der Waals surface area contributed by atoms with Crippen molar-refractivity contribution in [3.63, 3.8) is 0 Å². The Morgan fingerprint density at radius 1 is 0.774 bits per heavy atom. The van der Waals surface area contributed by atoms with Crippen LogP contribution in [0.3, 0.4) is 0 Å². The summed E-state index contributed by atoms with van der Waals surface area (Å²) in [6.45, 7) is 9.54. The minimum absolute atomic E-state index is 0.0666. The normalized spacial score (nSPS) is 15.1. The van der Waals surface area contributed by atoms with Crippen LogP contribution in [-0.4, -0.2) is 59.5 Å². The Morgan fingerprint density at radius 3 is 1.81 bits per heavy atom. The molecule has 10 nitrogen and oxygen atoms in total. The molecule has 4 unspecified atom stereocenters. The molecular formula is C21H41N5O5. The zero-order valence-electron chi connectivity index (χ0n) is 19.4. The summed E-state index contributed by atoms with van der Waals surface area (Å²) < 4.78 is 0.